The summed E-state index contributed by atoms with van der Waals surface area (Å²) in [5.41, 5.74) is 8.28. The summed E-state index contributed by atoms with van der Waals surface area (Å²) in [7, 11) is 0. The molecule has 0 saturated carbocycles. The summed E-state index contributed by atoms with van der Waals surface area (Å²) in [5.74, 6) is -1.01. The van der Waals surface area contributed by atoms with E-state index in [1.54, 1.807) is 0 Å². The topological polar surface area (TPSA) is 103 Å². The zero-order chi connectivity index (χ0) is 25.9. The van der Waals surface area contributed by atoms with Gasteiger partial charge in [0, 0.05) is 40.7 Å². The standard InChI is InChI=1S/C27H33Cl2N3O4/c1-26(15-31-11-9-17-3-5-19(28)13-21(17)26)35-24(33)8-7-23(30)25(34)36-27(2)16-32-12-10-18-4-6-20(29)14-22(18)27/h3-6,13-14,23,31-32H,7-12,15-16,30H2,1-2H3/t23-,26?,27?/m1/s1. The first kappa shape index (κ1) is 26.9. The number of hydrogen-bond acceptors (Lipinski definition) is 7. The highest BCUT2D eigenvalue weighted by Crippen LogP contribution is 2.34. The molecule has 0 fully saturated rings. The Labute approximate surface area is 222 Å². The third kappa shape index (κ3) is 6.03. The molecule has 0 spiro atoms. The van der Waals surface area contributed by atoms with Crippen molar-refractivity contribution in [2.24, 2.45) is 5.73 Å². The SMILES string of the molecule is CC1(OC(=O)CC[C@@H](N)C(=O)OC2(C)CNCCc3ccc(Cl)cc32)CNCCc2ccc(Cl)cc21. The van der Waals surface area contributed by atoms with Gasteiger partial charge in [-0.25, -0.2) is 0 Å². The Hall–Kier alpha value is -2.16. The molecule has 194 valence electrons. The fourth-order valence-corrected chi connectivity index (χ4v) is 5.33. The van der Waals surface area contributed by atoms with E-state index in [-0.39, 0.29) is 12.8 Å². The number of benzene rings is 2. The monoisotopic (exact) mass is 533 g/mol. The van der Waals surface area contributed by atoms with Crippen LogP contribution >= 0.6 is 23.2 Å². The molecule has 7 nitrogen and oxygen atoms in total. The summed E-state index contributed by atoms with van der Waals surface area (Å²) in [5, 5.41) is 7.81. The van der Waals surface area contributed by atoms with Crippen LogP contribution in [0.2, 0.25) is 10.0 Å². The van der Waals surface area contributed by atoms with Gasteiger partial charge in [-0.15, -0.1) is 0 Å². The summed E-state index contributed by atoms with van der Waals surface area (Å²) in [4.78, 5) is 25.8. The van der Waals surface area contributed by atoms with E-state index in [1.807, 2.05) is 50.2 Å². The van der Waals surface area contributed by atoms with E-state index >= 15 is 0 Å². The van der Waals surface area contributed by atoms with Gasteiger partial charge in [0.05, 0.1) is 0 Å². The van der Waals surface area contributed by atoms with Crippen molar-refractivity contribution in [2.45, 2.75) is 56.8 Å². The minimum absolute atomic E-state index is 0.0147. The molecule has 4 N–H and O–H groups in total. The van der Waals surface area contributed by atoms with Gasteiger partial charge >= 0.3 is 11.9 Å². The van der Waals surface area contributed by atoms with Gasteiger partial charge < -0.3 is 25.8 Å². The van der Waals surface area contributed by atoms with Crippen LogP contribution in [-0.2, 0) is 43.1 Å². The second-order valence-electron chi connectivity index (χ2n) is 9.96. The Morgan fingerprint density at radius 1 is 0.917 bits per heavy atom. The van der Waals surface area contributed by atoms with E-state index in [2.05, 4.69) is 10.6 Å². The first-order valence-corrected chi connectivity index (χ1v) is 13.0. The number of rotatable bonds is 6. The van der Waals surface area contributed by atoms with Crippen LogP contribution < -0.4 is 16.4 Å². The fourth-order valence-electron chi connectivity index (χ4n) is 4.98. The maximum atomic E-state index is 13.0. The Bertz CT molecular complexity index is 1140. The van der Waals surface area contributed by atoms with Crippen LogP contribution in [0.3, 0.4) is 0 Å². The first-order valence-electron chi connectivity index (χ1n) is 12.3. The van der Waals surface area contributed by atoms with Crippen molar-refractivity contribution in [2.75, 3.05) is 26.2 Å². The molecular weight excluding hydrogens is 501 g/mol. The zero-order valence-electron chi connectivity index (χ0n) is 20.7. The highest BCUT2D eigenvalue weighted by Gasteiger charge is 2.37. The normalized spacial score (nSPS) is 24.5. The van der Waals surface area contributed by atoms with Crippen LogP contribution in [0.1, 0.15) is 48.9 Å². The fraction of sp³-hybridized carbons (Fsp3) is 0.481. The Balaban J connectivity index is 1.39. The first-order chi connectivity index (χ1) is 17.1. The largest absolute Gasteiger partial charge is 0.453 e. The lowest BCUT2D eigenvalue weighted by Gasteiger charge is -2.32. The van der Waals surface area contributed by atoms with Crippen LogP contribution in [0.25, 0.3) is 0 Å². The molecular formula is C27H33Cl2N3O4. The highest BCUT2D eigenvalue weighted by atomic mass is 35.5. The van der Waals surface area contributed by atoms with Crippen LogP contribution in [-0.4, -0.2) is 44.2 Å². The maximum Gasteiger partial charge on any atom is 0.323 e. The van der Waals surface area contributed by atoms with Crippen molar-refractivity contribution in [3.63, 3.8) is 0 Å². The molecule has 36 heavy (non-hydrogen) atoms. The number of fused-ring (bicyclic) bond motifs is 2. The summed E-state index contributed by atoms with van der Waals surface area (Å²) in [6.45, 7) is 6.17. The van der Waals surface area contributed by atoms with E-state index in [1.165, 1.54) is 0 Å². The number of nitrogens with two attached hydrogens (primary N) is 1. The van der Waals surface area contributed by atoms with Crippen LogP contribution in [0.5, 0.6) is 0 Å². The number of nitrogens with one attached hydrogen (secondary N) is 2. The molecule has 2 aromatic carbocycles. The molecule has 0 aromatic heterocycles. The lowest BCUT2D eigenvalue weighted by molar-refractivity contribution is -0.162. The summed E-state index contributed by atoms with van der Waals surface area (Å²) in [6, 6.07) is 10.3. The molecule has 0 radical (unpaired) electrons. The van der Waals surface area contributed by atoms with Gasteiger partial charge in [0.15, 0.2) is 0 Å². The molecule has 2 aliphatic rings. The van der Waals surface area contributed by atoms with Gasteiger partial charge in [0.25, 0.3) is 0 Å². The van der Waals surface area contributed by atoms with Gasteiger partial charge in [-0.1, -0.05) is 35.3 Å². The number of halogens is 2. The van der Waals surface area contributed by atoms with Gasteiger partial charge in [-0.2, -0.15) is 0 Å². The van der Waals surface area contributed by atoms with Gasteiger partial charge in [0.1, 0.15) is 17.2 Å². The highest BCUT2D eigenvalue weighted by molar-refractivity contribution is 6.31. The quantitative estimate of drug-likeness (QED) is 0.487. The predicted octanol–water partition coefficient (Wildman–Crippen LogP) is 3.61. The average Bonchev–Trinajstić information content (AvgIpc) is 3.09. The van der Waals surface area contributed by atoms with Crippen LogP contribution in [0.15, 0.2) is 36.4 Å². The van der Waals surface area contributed by atoms with Crippen molar-refractivity contribution in [1.82, 2.24) is 10.6 Å². The van der Waals surface area contributed by atoms with Crippen molar-refractivity contribution >= 4 is 35.1 Å². The van der Waals surface area contributed by atoms with E-state index in [9.17, 15) is 9.59 Å². The third-order valence-corrected chi connectivity index (χ3v) is 7.45. The number of esters is 2. The van der Waals surface area contributed by atoms with Crippen molar-refractivity contribution in [1.29, 1.82) is 0 Å². The van der Waals surface area contributed by atoms with E-state index in [0.29, 0.717) is 23.1 Å². The van der Waals surface area contributed by atoms with E-state index < -0.39 is 29.2 Å². The minimum atomic E-state index is -0.970. The summed E-state index contributed by atoms with van der Waals surface area (Å²) in [6.07, 6.45) is 1.71. The van der Waals surface area contributed by atoms with Crippen LogP contribution in [0, 0.1) is 0 Å². The smallest absolute Gasteiger partial charge is 0.323 e. The predicted molar refractivity (Wildman–Crippen MR) is 140 cm³/mol. The summed E-state index contributed by atoms with van der Waals surface area (Å²) >= 11 is 12.5. The van der Waals surface area contributed by atoms with Crippen molar-refractivity contribution in [3.8, 4) is 0 Å². The third-order valence-electron chi connectivity index (χ3n) is 6.98. The lowest BCUT2D eigenvalue weighted by Crippen LogP contribution is -2.44. The second-order valence-corrected chi connectivity index (χ2v) is 10.8. The molecule has 3 atom stereocenters. The number of hydrogen-bond donors (Lipinski definition) is 3. The molecule has 9 heteroatoms. The van der Waals surface area contributed by atoms with E-state index in [4.69, 9.17) is 38.4 Å². The average molecular weight is 534 g/mol. The molecule has 2 aliphatic heterocycles. The van der Waals surface area contributed by atoms with Gasteiger partial charge in [-0.05, 0) is 81.6 Å². The van der Waals surface area contributed by atoms with E-state index in [0.717, 1.165) is 48.2 Å². The molecule has 0 amide bonds. The molecule has 2 aromatic rings. The van der Waals surface area contributed by atoms with Crippen molar-refractivity contribution in [3.05, 3.63) is 68.7 Å². The summed E-state index contributed by atoms with van der Waals surface area (Å²) < 4.78 is 11.8. The van der Waals surface area contributed by atoms with Gasteiger partial charge in [0.2, 0.25) is 0 Å². The lowest BCUT2D eigenvalue weighted by atomic mass is 9.91. The number of ether oxygens (including phenoxy) is 2. The number of carbonyl (C=O) groups is 2. The Morgan fingerprint density at radius 2 is 1.42 bits per heavy atom. The minimum Gasteiger partial charge on any atom is -0.453 e. The molecule has 0 bridgehead atoms. The van der Waals surface area contributed by atoms with Crippen molar-refractivity contribution < 1.29 is 19.1 Å². The zero-order valence-corrected chi connectivity index (χ0v) is 22.2. The molecule has 0 aliphatic carbocycles. The second kappa shape index (κ2) is 11.1. The molecule has 4 rings (SSSR count). The molecule has 0 saturated heterocycles. The van der Waals surface area contributed by atoms with Crippen LogP contribution in [0.4, 0.5) is 0 Å². The number of carbonyl (C=O) groups excluding carboxylic acids is 2. The maximum absolute atomic E-state index is 13.0. The Morgan fingerprint density at radius 3 is 1.94 bits per heavy atom. The molecule has 2 unspecified atom stereocenters. The molecule has 2 heterocycles. The van der Waals surface area contributed by atoms with Gasteiger partial charge in [-0.3, -0.25) is 9.59 Å². The Kier molecular flexibility index (Phi) is 8.27.